The molecule has 1 fully saturated rings. The average molecular weight is 334 g/mol. The van der Waals surface area contributed by atoms with Gasteiger partial charge in [-0.2, -0.15) is 0 Å². The maximum atomic E-state index is 12.8. The molecule has 2 amide bonds. The molecule has 1 saturated heterocycles. The highest BCUT2D eigenvalue weighted by Gasteiger charge is 2.25. The molecule has 0 saturated carbocycles. The van der Waals surface area contributed by atoms with Crippen molar-refractivity contribution in [2.45, 2.75) is 12.8 Å². The third-order valence-corrected chi connectivity index (χ3v) is 3.72. The molecule has 0 atom stereocenters. The smallest absolute Gasteiger partial charge is 0.411 e. The SMILES string of the molecule is C=CCOC(=O)Nc1cc(OC)c(OC)cc1C(=O)N1CCCC1. The molecule has 1 N–H and O–H groups in total. The molecular weight excluding hydrogens is 312 g/mol. The van der Waals surface area contributed by atoms with Crippen molar-refractivity contribution in [1.29, 1.82) is 0 Å². The van der Waals surface area contributed by atoms with Gasteiger partial charge in [0.15, 0.2) is 11.5 Å². The van der Waals surface area contributed by atoms with Crippen molar-refractivity contribution in [3.8, 4) is 11.5 Å². The molecule has 0 bridgehead atoms. The molecule has 1 aliphatic rings. The lowest BCUT2D eigenvalue weighted by molar-refractivity contribution is 0.0793. The van der Waals surface area contributed by atoms with Crippen LogP contribution < -0.4 is 14.8 Å². The van der Waals surface area contributed by atoms with Crippen molar-refractivity contribution in [3.63, 3.8) is 0 Å². The third kappa shape index (κ3) is 3.98. The lowest BCUT2D eigenvalue weighted by Gasteiger charge is -2.19. The van der Waals surface area contributed by atoms with E-state index in [9.17, 15) is 9.59 Å². The van der Waals surface area contributed by atoms with Gasteiger partial charge in [0.05, 0.1) is 25.5 Å². The summed E-state index contributed by atoms with van der Waals surface area (Å²) in [5, 5.41) is 2.58. The van der Waals surface area contributed by atoms with Crippen LogP contribution in [-0.2, 0) is 4.74 Å². The first-order valence-electron chi connectivity index (χ1n) is 7.70. The number of anilines is 1. The number of hydrogen-bond donors (Lipinski definition) is 1. The second-order valence-electron chi connectivity index (χ2n) is 5.26. The Labute approximate surface area is 141 Å². The molecule has 0 unspecified atom stereocenters. The molecule has 7 nitrogen and oxygen atoms in total. The third-order valence-electron chi connectivity index (χ3n) is 3.72. The van der Waals surface area contributed by atoms with Crippen LogP contribution in [0.1, 0.15) is 23.2 Å². The van der Waals surface area contributed by atoms with E-state index in [1.807, 2.05) is 0 Å². The fourth-order valence-corrected chi connectivity index (χ4v) is 2.53. The van der Waals surface area contributed by atoms with Crippen LogP contribution >= 0.6 is 0 Å². The minimum atomic E-state index is -0.669. The van der Waals surface area contributed by atoms with Crippen LogP contribution in [-0.4, -0.2) is 50.8 Å². The highest BCUT2D eigenvalue weighted by Crippen LogP contribution is 2.34. The fraction of sp³-hybridized carbons (Fsp3) is 0.412. The second-order valence-corrected chi connectivity index (χ2v) is 5.26. The van der Waals surface area contributed by atoms with E-state index in [-0.39, 0.29) is 12.5 Å². The van der Waals surface area contributed by atoms with Crippen molar-refractivity contribution in [2.24, 2.45) is 0 Å². The van der Waals surface area contributed by atoms with Crippen LogP contribution in [0.2, 0.25) is 0 Å². The van der Waals surface area contributed by atoms with Crippen molar-refractivity contribution < 1.29 is 23.8 Å². The number of carbonyl (C=O) groups is 2. The summed E-state index contributed by atoms with van der Waals surface area (Å²) in [5.41, 5.74) is 0.656. The summed E-state index contributed by atoms with van der Waals surface area (Å²) in [4.78, 5) is 26.3. The van der Waals surface area contributed by atoms with Crippen molar-refractivity contribution in [1.82, 2.24) is 4.90 Å². The Morgan fingerprint density at radius 1 is 1.21 bits per heavy atom. The van der Waals surface area contributed by atoms with Gasteiger partial charge in [-0.25, -0.2) is 4.79 Å². The van der Waals surface area contributed by atoms with Crippen LogP contribution in [0.4, 0.5) is 10.5 Å². The molecule has 0 radical (unpaired) electrons. The van der Waals surface area contributed by atoms with Gasteiger partial charge < -0.3 is 19.1 Å². The quantitative estimate of drug-likeness (QED) is 0.809. The summed E-state index contributed by atoms with van der Waals surface area (Å²) in [5.74, 6) is 0.673. The summed E-state index contributed by atoms with van der Waals surface area (Å²) < 4.78 is 15.4. The Hall–Kier alpha value is -2.70. The summed E-state index contributed by atoms with van der Waals surface area (Å²) in [6.07, 6.45) is 2.74. The summed E-state index contributed by atoms with van der Waals surface area (Å²) >= 11 is 0. The largest absolute Gasteiger partial charge is 0.493 e. The number of methoxy groups -OCH3 is 2. The average Bonchev–Trinajstić information content (AvgIpc) is 3.13. The van der Waals surface area contributed by atoms with Gasteiger partial charge in [-0.1, -0.05) is 12.7 Å². The molecule has 2 rings (SSSR count). The van der Waals surface area contributed by atoms with Crippen LogP contribution in [0.5, 0.6) is 11.5 Å². The number of benzene rings is 1. The lowest BCUT2D eigenvalue weighted by Crippen LogP contribution is -2.29. The van der Waals surface area contributed by atoms with Gasteiger partial charge in [-0.3, -0.25) is 10.1 Å². The van der Waals surface area contributed by atoms with Gasteiger partial charge in [0.2, 0.25) is 0 Å². The zero-order chi connectivity index (χ0) is 17.5. The predicted molar refractivity (Wildman–Crippen MR) is 89.9 cm³/mol. The maximum Gasteiger partial charge on any atom is 0.411 e. The van der Waals surface area contributed by atoms with Crippen LogP contribution in [0.15, 0.2) is 24.8 Å². The topological polar surface area (TPSA) is 77.1 Å². The van der Waals surface area contributed by atoms with Gasteiger partial charge in [0.25, 0.3) is 5.91 Å². The molecule has 1 aromatic carbocycles. The first kappa shape index (κ1) is 17.7. The number of amides is 2. The Balaban J connectivity index is 2.35. The summed E-state index contributed by atoms with van der Waals surface area (Å²) in [6.45, 7) is 4.97. The van der Waals surface area contributed by atoms with E-state index in [0.717, 1.165) is 12.8 Å². The highest BCUT2D eigenvalue weighted by atomic mass is 16.5. The Bertz CT molecular complexity index is 624. The zero-order valence-electron chi connectivity index (χ0n) is 14.0. The second kappa shape index (κ2) is 8.24. The van der Waals surface area contributed by atoms with Gasteiger partial charge >= 0.3 is 6.09 Å². The molecular formula is C17H22N2O5. The first-order chi connectivity index (χ1) is 11.6. The molecule has 130 valence electrons. The van der Waals surface area contributed by atoms with Crippen LogP contribution in [0, 0.1) is 0 Å². The number of ether oxygens (including phenoxy) is 3. The van der Waals surface area contributed by atoms with E-state index in [0.29, 0.717) is 35.8 Å². The molecule has 24 heavy (non-hydrogen) atoms. The number of nitrogens with zero attached hydrogens (tertiary/aromatic N) is 1. The van der Waals surface area contributed by atoms with Gasteiger partial charge in [-0.15, -0.1) is 0 Å². The van der Waals surface area contributed by atoms with Crippen molar-refractivity contribution in [2.75, 3.05) is 39.2 Å². The Morgan fingerprint density at radius 3 is 2.42 bits per heavy atom. The summed E-state index contributed by atoms with van der Waals surface area (Å²) in [7, 11) is 2.98. The van der Waals surface area contributed by atoms with E-state index < -0.39 is 6.09 Å². The predicted octanol–water partition coefficient (Wildman–Crippen LogP) is 2.67. The molecule has 7 heteroatoms. The molecule has 1 aromatic rings. The lowest BCUT2D eigenvalue weighted by atomic mass is 10.1. The molecule has 0 aliphatic carbocycles. The first-order valence-corrected chi connectivity index (χ1v) is 7.70. The number of hydrogen-bond acceptors (Lipinski definition) is 5. The zero-order valence-corrected chi connectivity index (χ0v) is 14.0. The maximum absolute atomic E-state index is 12.8. The fourth-order valence-electron chi connectivity index (χ4n) is 2.53. The van der Waals surface area contributed by atoms with Crippen LogP contribution in [0.25, 0.3) is 0 Å². The van der Waals surface area contributed by atoms with E-state index in [4.69, 9.17) is 14.2 Å². The van der Waals surface area contributed by atoms with E-state index in [1.165, 1.54) is 20.3 Å². The van der Waals surface area contributed by atoms with E-state index >= 15 is 0 Å². The van der Waals surface area contributed by atoms with E-state index in [2.05, 4.69) is 11.9 Å². The standard InChI is InChI=1S/C17H22N2O5/c1-4-9-24-17(21)18-13-11-15(23-3)14(22-2)10-12(13)16(20)19-7-5-6-8-19/h4,10-11H,1,5-9H2,2-3H3,(H,18,21). The number of rotatable bonds is 6. The molecule has 0 aromatic heterocycles. The van der Waals surface area contributed by atoms with Gasteiger partial charge in [-0.05, 0) is 18.9 Å². The number of likely N-dealkylation sites (tertiary alicyclic amines) is 1. The normalized spacial score (nSPS) is 13.3. The van der Waals surface area contributed by atoms with Crippen molar-refractivity contribution in [3.05, 3.63) is 30.4 Å². The molecule has 1 aliphatic heterocycles. The van der Waals surface area contributed by atoms with Crippen molar-refractivity contribution >= 4 is 17.7 Å². The molecule has 1 heterocycles. The van der Waals surface area contributed by atoms with Gasteiger partial charge in [0.1, 0.15) is 6.61 Å². The van der Waals surface area contributed by atoms with E-state index in [1.54, 1.807) is 17.0 Å². The number of carbonyl (C=O) groups excluding carboxylic acids is 2. The Morgan fingerprint density at radius 2 is 1.83 bits per heavy atom. The highest BCUT2D eigenvalue weighted by molar-refractivity contribution is 6.03. The van der Waals surface area contributed by atoms with Gasteiger partial charge in [0, 0.05) is 19.2 Å². The number of nitrogens with one attached hydrogen (secondary N) is 1. The van der Waals surface area contributed by atoms with Crippen LogP contribution in [0.3, 0.4) is 0 Å². The monoisotopic (exact) mass is 334 g/mol. The summed E-state index contributed by atoms with van der Waals surface area (Å²) in [6, 6.07) is 3.12. The molecule has 0 spiro atoms. The minimum absolute atomic E-state index is 0.0779. The Kier molecular flexibility index (Phi) is 6.06. The minimum Gasteiger partial charge on any atom is -0.493 e.